The van der Waals surface area contributed by atoms with E-state index in [9.17, 15) is 4.79 Å². The van der Waals surface area contributed by atoms with Crippen LogP contribution in [0.25, 0.3) is 10.8 Å². The van der Waals surface area contributed by atoms with Crippen LogP contribution in [0.1, 0.15) is 24.8 Å². The van der Waals surface area contributed by atoms with Gasteiger partial charge in [0.1, 0.15) is 5.75 Å². The van der Waals surface area contributed by atoms with E-state index in [0.717, 1.165) is 42.3 Å². The molecule has 1 heterocycles. The van der Waals surface area contributed by atoms with E-state index in [2.05, 4.69) is 5.43 Å². The molecule has 0 aromatic heterocycles. The Kier molecular flexibility index (Phi) is 4.88. The van der Waals surface area contributed by atoms with Crippen molar-refractivity contribution in [3.63, 3.8) is 0 Å². The molecule has 1 fully saturated rings. The Labute approximate surface area is 135 Å². The quantitative estimate of drug-likeness (QED) is 0.835. The molecule has 120 valence electrons. The molecule has 1 aliphatic rings. The van der Waals surface area contributed by atoms with Gasteiger partial charge in [0.15, 0.2) is 6.61 Å². The molecule has 23 heavy (non-hydrogen) atoms. The second-order valence-electron chi connectivity index (χ2n) is 5.71. The molecule has 0 aliphatic carbocycles. The van der Waals surface area contributed by atoms with Crippen LogP contribution in [0.5, 0.6) is 5.75 Å². The van der Waals surface area contributed by atoms with Crippen LogP contribution in [0.15, 0.2) is 36.4 Å². The third-order valence-electron chi connectivity index (χ3n) is 4.07. The van der Waals surface area contributed by atoms with Gasteiger partial charge in [-0.2, -0.15) is 0 Å². The molecule has 0 spiro atoms. The van der Waals surface area contributed by atoms with E-state index >= 15 is 0 Å². The molecule has 1 amide bonds. The van der Waals surface area contributed by atoms with Crippen molar-refractivity contribution < 1.29 is 9.53 Å². The monoisotopic (exact) mass is 311 g/mol. The summed E-state index contributed by atoms with van der Waals surface area (Å²) in [6.07, 6.45) is 4.80. The van der Waals surface area contributed by atoms with Crippen LogP contribution in [0, 0.1) is 5.41 Å². The minimum absolute atomic E-state index is 0.00949. The van der Waals surface area contributed by atoms with Crippen molar-refractivity contribution in [1.82, 2.24) is 10.4 Å². The molecule has 5 nitrogen and oxygen atoms in total. The van der Waals surface area contributed by atoms with Crippen molar-refractivity contribution in [3.8, 4) is 5.75 Å². The molecule has 0 atom stereocenters. The summed E-state index contributed by atoms with van der Waals surface area (Å²) >= 11 is 0. The maximum absolute atomic E-state index is 12.0. The molecule has 1 aliphatic heterocycles. The minimum atomic E-state index is -0.132. The average molecular weight is 311 g/mol. The number of nitrogens with zero attached hydrogens (tertiary/aromatic N) is 1. The molecule has 2 aromatic rings. The summed E-state index contributed by atoms with van der Waals surface area (Å²) in [4.78, 5) is 12.0. The van der Waals surface area contributed by atoms with E-state index < -0.39 is 0 Å². The van der Waals surface area contributed by atoms with Gasteiger partial charge in [-0.15, -0.1) is 0 Å². The first-order valence-corrected chi connectivity index (χ1v) is 7.97. The van der Waals surface area contributed by atoms with E-state index in [0.29, 0.717) is 5.75 Å². The highest BCUT2D eigenvalue weighted by atomic mass is 16.5. The maximum atomic E-state index is 12.0. The Morgan fingerprint density at radius 1 is 1.13 bits per heavy atom. The van der Waals surface area contributed by atoms with Gasteiger partial charge in [0, 0.05) is 30.3 Å². The summed E-state index contributed by atoms with van der Waals surface area (Å²) in [5.74, 6) is 0.534. The Bertz CT molecular complexity index is 708. The van der Waals surface area contributed by atoms with Crippen LogP contribution >= 0.6 is 0 Å². The Morgan fingerprint density at radius 2 is 1.87 bits per heavy atom. The minimum Gasteiger partial charge on any atom is -0.483 e. The van der Waals surface area contributed by atoms with Gasteiger partial charge in [0.25, 0.3) is 5.91 Å². The highest BCUT2D eigenvalue weighted by molar-refractivity contribution is 6.01. The van der Waals surface area contributed by atoms with Gasteiger partial charge in [0.2, 0.25) is 0 Å². The lowest BCUT2D eigenvalue weighted by Crippen LogP contribution is -2.46. The molecule has 0 bridgehead atoms. The third kappa shape index (κ3) is 3.68. The predicted molar refractivity (Wildman–Crippen MR) is 90.9 cm³/mol. The number of carbonyl (C=O) groups excluding carboxylic acids is 1. The Hall–Kier alpha value is -2.40. The summed E-state index contributed by atoms with van der Waals surface area (Å²) in [5.41, 5.74) is 3.73. The predicted octanol–water partition coefficient (Wildman–Crippen LogP) is 2.73. The van der Waals surface area contributed by atoms with E-state index in [-0.39, 0.29) is 12.5 Å². The Balaban J connectivity index is 1.67. The van der Waals surface area contributed by atoms with Crippen molar-refractivity contribution in [2.75, 3.05) is 19.7 Å². The van der Waals surface area contributed by atoms with Gasteiger partial charge in [-0.25, -0.2) is 5.01 Å². The first-order chi connectivity index (χ1) is 11.3. The number of amides is 1. The van der Waals surface area contributed by atoms with E-state index in [1.165, 1.54) is 12.6 Å². The zero-order chi connectivity index (χ0) is 16.1. The van der Waals surface area contributed by atoms with Crippen LogP contribution in [0.4, 0.5) is 0 Å². The third-order valence-corrected chi connectivity index (χ3v) is 4.07. The smallest absolute Gasteiger partial charge is 0.272 e. The SMILES string of the molecule is N=Cc1ccc(OCC(=O)NN2CCCCC2)c2ccccc12. The fraction of sp³-hybridized carbons (Fsp3) is 0.333. The number of hydrazine groups is 1. The standard InChI is InChI=1S/C18H21N3O2/c19-12-14-8-9-17(16-7-3-2-6-15(14)16)23-13-18(22)20-21-10-4-1-5-11-21/h2-3,6-9,12,19H,1,4-5,10-11,13H2,(H,20,22). The zero-order valence-corrected chi connectivity index (χ0v) is 13.0. The molecule has 1 saturated heterocycles. The number of piperidine rings is 1. The number of carbonyl (C=O) groups is 1. The van der Waals surface area contributed by atoms with Crippen molar-refractivity contribution in [2.24, 2.45) is 0 Å². The number of hydrogen-bond donors (Lipinski definition) is 2. The lowest BCUT2D eigenvalue weighted by Gasteiger charge is -2.26. The number of benzene rings is 2. The molecule has 0 unspecified atom stereocenters. The largest absolute Gasteiger partial charge is 0.483 e. The van der Waals surface area contributed by atoms with Crippen molar-refractivity contribution >= 4 is 22.9 Å². The second kappa shape index (κ2) is 7.24. The van der Waals surface area contributed by atoms with Crippen LogP contribution in [0.2, 0.25) is 0 Å². The number of rotatable bonds is 5. The molecule has 2 aromatic carbocycles. The van der Waals surface area contributed by atoms with Crippen LogP contribution < -0.4 is 10.2 Å². The highest BCUT2D eigenvalue weighted by Crippen LogP contribution is 2.27. The summed E-state index contributed by atoms with van der Waals surface area (Å²) < 4.78 is 5.71. The summed E-state index contributed by atoms with van der Waals surface area (Å²) in [7, 11) is 0. The van der Waals surface area contributed by atoms with Gasteiger partial charge in [-0.05, 0) is 30.4 Å². The molecule has 5 heteroatoms. The van der Waals surface area contributed by atoms with E-state index in [1.807, 2.05) is 41.4 Å². The zero-order valence-electron chi connectivity index (χ0n) is 13.0. The highest BCUT2D eigenvalue weighted by Gasteiger charge is 2.13. The second-order valence-corrected chi connectivity index (χ2v) is 5.71. The van der Waals surface area contributed by atoms with Gasteiger partial charge in [-0.3, -0.25) is 10.2 Å². The lowest BCUT2D eigenvalue weighted by atomic mass is 10.0. The van der Waals surface area contributed by atoms with Gasteiger partial charge >= 0.3 is 0 Å². The summed E-state index contributed by atoms with van der Waals surface area (Å²) in [6, 6.07) is 11.4. The molecule has 3 rings (SSSR count). The first kappa shape index (κ1) is 15.5. The number of nitrogens with one attached hydrogen (secondary N) is 2. The fourth-order valence-electron chi connectivity index (χ4n) is 2.90. The molecule has 2 N–H and O–H groups in total. The summed E-state index contributed by atoms with van der Waals surface area (Å²) in [5, 5.41) is 11.3. The lowest BCUT2D eigenvalue weighted by molar-refractivity contribution is -0.128. The van der Waals surface area contributed by atoms with E-state index in [4.69, 9.17) is 10.1 Å². The van der Waals surface area contributed by atoms with Gasteiger partial charge in [-0.1, -0.05) is 30.7 Å². The molecule has 0 saturated carbocycles. The van der Waals surface area contributed by atoms with Crippen LogP contribution in [-0.2, 0) is 4.79 Å². The van der Waals surface area contributed by atoms with Crippen molar-refractivity contribution in [2.45, 2.75) is 19.3 Å². The Morgan fingerprint density at radius 3 is 2.61 bits per heavy atom. The maximum Gasteiger partial charge on any atom is 0.272 e. The topological polar surface area (TPSA) is 65.4 Å². The van der Waals surface area contributed by atoms with Gasteiger partial charge in [0.05, 0.1) is 0 Å². The molecular weight excluding hydrogens is 290 g/mol. The van der Waals surface area contributed by atoms with Crippen molar-refractivity contribution in [1.29, 1.82) is 5.41 Å². The summed E-state index contributed by atoms with van der Waals surface area (Å²) in [6.45, 7) is 1.80. The van der Waals surface area contributed by atoms with E-state index in [1.54, 1.807) is 0 Å². The molecular formula is C18H21N3O2. The van der Waals surface area contributed by atoms with Crippen LogP contribution in [-0.4, -0.2) is 36.8 Å². The fourth-order valence-corrected chi connectivity index (χ4v) is 2.90. The average Bonchev–Trinajstić information content (AvgIpc) is 2.60. The molecule has 0 radical (unpaired) electrons. The number of hydrogen-bond acceptors (Lipinski definition) is 4. The number of fused-ring (bicyclic) bond motifs is 1. The van der Waals surface area contributed by atoms with Crippen molar-refractivity contribution in [3.05, 3.63) is 42.0 Å². The number of ether oxygens (including phenoxy) is 1. The normalized spacial score (nSPS) is 15.3. The van der Waals surface area contributed by atoms with Gasteiger partial charge < -0.3 is 10.1 Å². The van der Waals surface area contributed by atoms with Crippen LogP contribution in [0.3, 0.4) is 0 Å². The first-order valence-electron chi connectivity index (χ1n) is 7.97.